The van der Waals surface area contributed by atoms with Crippen molar-refractivity contribution in [2.45, 2.75) is 33.1 Å². The van der Waals surface area contributed by atoms with Crippen molar-refractivity contribution in [3.8, 4) is 11.4 Å². The lowest BCUT2D eigenvalue weighted by Crippen LogP contribution is -2.36. The molecule has 32 heavy (non-hydrogen) atoms. The molecule has 0 unspecified atom stereocenters. The van der Waals surface area contributed by atoms with Gasteiger partial charge < -0.3 is 15.3 Å². The van der Waals surface area contributed by atoms with Gasteiger partial charge in [0.25, 0.3) is 0 Å². The normalized spacial score (nSPS) is 14.4. The summed E-state index contributed by atoms with van der Waals surface area (Å²) in [4.78, 5) is 28.8. The number of carbonyl (C=O) groups excluding carboxylic acids is 1. The Morgan fingerprint density at radius 2 is 1.91 bits per heavy atom. The van der Waals surface area contributed by atoms with Crippen molar-refractivity contribution < 1.29 is 9.90 Å². The van der Waals surface area contributed by atoms with Gasteiger partial charge in [-0.05, 0) is 56.4 Å². The van der Waals surface area contributed by atoms with E-state index in [1.54, 1.807) is 13.1 Å². The SMILES string of the molecule is CCc1nc(-c2ccnc(Nc3ccccc3)c2)nc(N2CCC(CO)CC2)c1C(C)=O. The number of carbonyl (C=O) groups is 1. The predicted molar refractivity (Wildman–Crippen MR) is 126 cm³/mol. The van der Waals surface area contributed by atoms with E-state index in [4.69, 9.17) is 9.97 Å². The number of aliphatic hydroxyl groups is 1. The average Bonchev–Trinajstić information content (AvgIpc) is 2.84. The van der Waals surface area contributed by atoms with Gasteiger partial charge in [-0.1, -0.05) is 25.1 Å². The molecule has 1 aromatic carbocycles. The smallest absolute Gasteiger partial charge is 0.165 e. The molecule has 7 heteroatoms. The Labute approximate surface area is 188 Å². The highest BCUT2D eigenvalue weighted by molar-refractivity contribution is 6.00. The molecule has 4 rings (SSSR count). The Kier molecular flexibility index (Phi) is 6.75. The number of piperidine rings is 1. The van der Waals surface area contributed by atoms with E-state index in [0.717, 1.165) is 42.9 Å². The summed E-state index contributed by atoms with van der Waals surface area (Å²) in [6.45, 7) is 5.33. The minimum atomic E-state index is -0.0196. The van der Waals surface area contributed by atoms with E-state index in [-0.39, 0.29) is 12.4 Å². The third-order valence-electron chi connectivity index (χ3n) is 5.89. The van der Waals surface area contributed by atoms with Crippen LogP contribution >= 0.6 is 0 Å². The van der Waals surface area contributed by atoms with Gasteiger partial charge in [-0.15, -0.1) is 0 Å². The minimum absolute atomic E-state index is 0.0196. The van der Waals surface area contributed by atoms with Gasteiger partial charge in [-0.2, -0.15) is 0 Å². The van der Waals surface area contributed by atoms with Gasteiger partial charge in [-0.25, -0.2) is 15.0 Å². The third kappa shape index (κ3) is 4.78. The molecule has 2 aromatic heterocycles. The number of nitrogens with zero attached hydrogens (tertiary/aromatic N) is 4. The number of anilines is 3. The van der Waals surface area contributed by atoms with Crippen molar-refractivity contribution in [2.24, 2.45) is 5.92 Å². The van der Waals surface area contributed by atoms with E-state index >= 15 is 0 Å². The number of aryl methyl sites for hydroxylation is 1. The Morgan fingerprint density at radius 1 is 1.16 bits per heavy atom. The zero-order valence-electron chi connectivity index (χ0n) is 18.6. The summed E-state index contributed by atoms with van der Waals surface area (Å²) in [5.74, 6) is 2.28. The number of rotatable bonds is 7. The molecule has 1 fully saturated rings. The monoisotopic (exact) mass is 431 g/mol. The number of hydrogen-bond acceptors (Lipinski definition) is 7. The molecular formula is C25H29N5O2. The molecule has 3 heterocycles. The molecule has 1 aliphatic rings. The highest BCUT2D eigenvalue weighted by Gasteiger charge is 2.26. The van der Waals surface area contributed by atoms with E-state index in [2.05, 4.69) is 15.2 Å². The molecule has 0 bridgehead atoms. The molecule has 0 spiro atoms. The largest absolute Gasteiger partial charge is 0.396 e. The molecule has 0 saturated carbocycles. The summed E-state index contributed by atoms with van der Waals surface area (Å²) >= 11 is 0. The number of para-hydroxylation sites is 1. The lowest BCUT2D eigenvalue weighted by Gasteiger charge is -2.33. The second-order valence-corrected chi connectivity index (χ2v) is 8.14. The van der Waals surface area contributed by atoms with Crippen LogP contribution < -0.4 is 10.2 Å². The first-order chi connectivity index (χ1) is 15.6. The minimum Gasteiger partial charge on any atom is -0.396 e. The molecule has 1 aliphatic heterocycles. The number of aromatic nitrogens is 3. The van der Waals surface area contributed by atoms with Gasteiger partial charge in [-0.3, -0.25) is 4.79 Å². The van der Waals surface area contributed by atoms with Crippen molar-refractivity contribution in [2.75, 3.05) is 29.9 Å². The van der Waals surface area contributed by atoms with Crippen molar-refractivity contribution in [3.63, 3.8) is 0 Å². The summed E-state index contributed by atoms with van der Waals surface area (Å²) in [7, 11) is 0. The summed E-state index contributed by atoms with van der Waals surface area (Å²) in [6, 6.07) is 13.7. The first kappa shape index (κ1) is 21.9. The fourth-order valence-corrected chi connectivity index (χ4v) is 4.10. The van der Waals surface area contributed by atoms with E-state index in [9.17, 15) is 9.90 Å². The van der Waals surface area contributed by atoms with Crippen LogP contribution in [0.4, 0.5) is 17.3 Å². The maximum absolute atomic E-state index is 12.5. The van der Waals surface area contributed by atoms with Crippen LogP contribution in [0, 0.1) is 5.92 Å². The zero-order valence-corrected chi connectivity index (χ0v) is 18.6. The number of ketones is 1. The molecule has 0 atom stereocenters. The summed E-state index contributed by atoms with van der Waals surface area (Å²) in [5.41, 5.74) is 3.16. The van der Waals surface area contributed by atoms with E-state index in [0.29, 0.717) is 35.4 Å². The van der Waals surface area contributed by atoms with Crippen LogP contribution in [0.2, 0.25) is 0 Å². The standard InChI is InChI=1S/C25H29N5O2/c1-3-21-23(17(2)32)25(30-13-10-18(16-31)11-14-30)29-24(28-21)19-9-12-26-22(15-19)27-20-7-5-4-6-8-20/h4-9,12,15,18,31H,3,10-11,13-14,16H2,1-2H3,(H,26,27). The van der Waals surface area contributed by atoms with Crippen LogP contribution in [0.1, 0.15) is 42.7 Å². The maximum atomic E-state index is 12.5. The van der Waals surface area contributed by atoms with Gasteiger partial charge in [0.2, 0.25) is 0 Å². The molecule has 2 N–H and O–H groups in total. The number of aliphatic hydroxyl groups excluding tert-OH is 1. The van der Waals surface area contributed by atoms with Gasteiger partial charge >= 0.3 is 0 Å². The molecular weight excluding hydrogens is 402 g/mol. The Morgan fingerprint density at radius 3 is 2.56 bits per heavy atom. The van der Waals surface area contributed by atoms with Gasteiger partial charge in [0.1, 0.15) is 11.6 Å². The fourth-order valence-electron chi connectivity index (χ4n) is 4.10. The predicted octanol–water partition coefficient (Wildman–Crippen LogP) is 4.26. The van der Waals surface area contributed by atoms with Crippen LogP contribution in [0.5, 0.6) is 0 Å². The number of pyridine rings is 1. The summed E-state index contributed by atoms with van der Waals surface area (Å²) < 4.78 is 0. The number of nitrogens with one attached hydrogen (secondary N) is 1. The zero-order chi connectivity index (χ0) is 22.5. The average molecular weight is 432 g/mol. The van der Waals surface area contributed by atoms with E-state index < -0.39 is 0 Å². The van der Waals surface area contributed by atoms with E-state index in [1.165, 1.54) is 0 Å². The molecule has 0 radical (unpaired) electrons. The van der Waals surface area contributed by atoms with Crippen LogP contribution in [0.3, 0.4) is 0 Å². The van der Waals surface area contributed by atoms with Crippen molar-refractivity contribution in [1.29, 1.82) is 0 Å². The first-order valence-corrected chi connectivity index (χ1v) is 11.1. The molecule has 166 valence electrons. The molecule has 3 aromatic rings. The van der Waals surface area contributed by atoms with Crippen molar-refractivity contribution in [1.82, 2.24) is 15.0 Å². The second kappa shape index (κ2) is 9.87. The first-order valence-electron chi connectivity index (χ1n) is 11.1. The molecule has 1 saturated heterocycles. The van der Waals surface area contributed by atoms with Crippen molar-refractivity contribution >= 4 is 23.1 Å². The highest BCUT2D eigenvalue weighted by atomic mass is 16.3. The summed E-state index contributed by atoms with van der Waals surface area (Å²) in [5, 5.41) is 12.8. The summed E-state index contributed by atoms with van der Waals surface area (Å²) in [6.07, 6.45) is 4.15. The molecule has 0 aliphatic carbocycles. The lowest BCUT2D eigenvalue weighted by atomic mass is 9.97. The third-order valence-corrected chi connectivity index (χ3v) is 5.89. The van der Waals surface area contributed by atoms with Gasteiger partial charge in [0.05, 0.1) is 11.3 Å². The number of hydrogen-bond donors (Lipinski definition) is 2. The quantitative estimate of drug-likeness (QED) is 0.540. The van der Waals surface area contributed by atoms with Crippen LogP contribution in [-0.4, -0.2) is 45.5 Å². The van der Waals surface area contributed by atoms with Gasteiger partial charge in [0.15, 0.2) is 11.6 Å². The van der Waals surface area contributed by atoms with Gasteiger partial charge in [0, 0.05) is 37.1 Å². The number of benzene rings is 1. The van der Waals surface area contributed by atoms with Crippen LogP contribution in [-0.2, 0) is 6.42 Å². The topological polar surface area (TPSA) is 91.2 Å². The fraction of sp³-hybridized carbons (Fsp3) is 0.360. The Hall–Kier alpha value is -3.32. The van der Waals surface area contributed by atoms with Crippen molar-refractivity contribution in [3.05, 3.63) is 59.9 Å². The molecule has 7 nitrogen and oxygen atoms in total. The second-order valence-electron chi connectivity index (χ2n) is 8.14. The lowest BCUT2D eigenvalue weighted by molar-refractivity contribution is 0.101. The Bertz CT molecular complexity index is 1080. The van der Waals surface area contributed by atoms with Crippen LogP contribution in [0.15, 0.2) is 48.7 Å². The molecule has 0 amide bonds. The van der Waals surface area contributed by atoms with E-state index in [1.807, 2.05) is 49.4 Å². The maximum Gasteiger partial charge on any atom is 0.165 e. The highest BCUT2D eigenvalue weighted by Crippen LogP contribution is 2.30. The number of Topliss-reactive ketones (excluding diaryl/α,β-unsaturated/α-hetero) is 1. The van der Waals surface area contributed by atoms with Crippen LogP contribution in [0.25, 0.3) is 11.4 Å². The Balaban J connectivity index is 1.72.